The standard InChI is InChI=1S/C40H29FN4O/c1-25(26-8-5-4-6-9-26)28-14-19-36(43-24-28)31-21-29(27-12-15-32(41)16-13-27)20-30(22-31)34-10-7-11-37-39(34)44-40(45(37)3)35-18-17-33(42-2)23-38(35)46/h4-25,46H,1,3H3. The lowest BCUT2D eigenvalue weighted by Gasteiger charge is -2.14. The lowest BCUT2D eigenvalue weighted by atomic mass is 9.92. The van der Waals surface area contributed by atoms with E-state index in [4.69, 9.17) is 16.5 Å². The van der Waals surface area contributed by atoms with Crippen LogP contribution in [0.15, 0.2) is 128 Å². The van der Waals surface area contributed by atoms with Crippen molar-refractivity contribution in [3.63, 3.8) is 0 Å². The van der Waals surface area contributed by atoms with Gasteiger partial charge in [0.05, 0.1) is 28.9 Å². The summed E-state index contributed by atoms with van der Waals surface area (Å²) in [5, 5.41) is 10.7. The number of aromatic hydroxyl groups is 1. The first kappa shape index (κ1) is 28.7. The molecular formula is C40H29FN4O. The third kappa shape index (κ3) is 5.29. The fourth-order valence-corrected chi connectivity index (χ4v) is 5.97. The summed E-state index contributed by atoms with van der Waals surface area (Å²) in [4.78, 5) is 13.3. The molecule has 0 aliphatic rings. The van der Waals surface area contributed by atoms with E-state index in [1.54, 1.807) is 24.3 Å². The van der Waals surface area contributed by atoms with Crippen LogP contribution in [0.3, 0.4) is 0 Å². The Hall–Kier alpha value is -6.06. The van der Waals surface area contributed by atoms with Crippen LogP contribution in [0.1, 0.15) is 24.0 Å². The zero-order valence-corrected chi connectivity index (χ0v) is 25.3. The topological polar surface area (TPSA) is 55.3 Å². The van der Waals surface area contributed by atoms with Gasteiger partial charge in [0.1, 0.15) is 17.4 Å². The van der Waals surface area contributed by atoms with Crippen LogP contribution in [0.25, 0.3) is 60.8 Å². The van der Waals surface area contributed by atoms with E-state index in [1.807, 2.05) is 42.1 Å². The van der Waals surface area contributed by atoms with Gasteiger partial charge in [0.25, 0.3) is 0 Å². The molecule has 1 N–H and O–H groups in total. The molecule has 222 valence electrons. The number of aromatic nitrogens is 3. The van der Waals surface area contributed by atoms with Gasteiger partial charge < -0.3 is 9.67 Å². The van der Waals surface area contributed by atoms with Gasteiger partial charge in [-0.05, 0) is 76.3 Å². The second-order valence-corrected chi connectivity index (χ2v) is 11.4. The van der Waals surface area contributed by atoms with Gasteiger partial charge in [-0.25, -0.2) is 14.2 Å². The number of pyridine rings is 1. The van der Waals surface area contributed by atoms with E-state index in [0.29, 0.717) is 17.1 Å². The maximum absolute atomic E-state index is 13.9. The molecule has 0 bridgehead atoms. The quantitative estimate of drug-likeness (QED) is 0.193. The number of halogens is 1. The number of phenolic OH excluding ortho intramolecular Hbond substituents is 1. The Labute approximate surface area is 266 Å². The van der Waals surface area contributed by atoms with Gasteiger partial charge >= 0.3 is 0 Å². The van der Waals surface area contributed by atoms with Crippen molar-refractivity contribution in [1.82, 2.24) is 14.5 Å². The number of hydrogen-bond donors (Lipinski definition) is 1. The highest BCUT2D eigenvalue weighted by atomic mass is 19.1. The van der Waals surface area contributed by atoms with Crippen LogP contribution in [0.2, 0.25) is 0 Å². The largest absolute Gasteiger partial charge is 0.509 e. The van der Waals surface area contributed by atoms with Gasteiger partial charge in [0, 0.05) is 30.3 Å². The van der Waals surface area contributed by atoms with Gasteiger partial charge in [-0.3, -0.25) is 4.98 Å². The summed E-state index contributed by atoms with van der Waals surface area (Å²) < 4.78 is 15.8. The molecule has 0 aliphatic carbocycles. The average Bonchev–Trinajstić information content (AvgIpc) is 3.44. The third-order valence-electron chi connectivity index (χ3n) is 8.57. The number of hydrogen-bond acceptors (Lipinski definition) is 3. The van der Waals surface area contributed by atoms with E-state index >= 15 is 0 Å². The molecule has 0 aliphatic heterocycles. The lowest BCUT2D eigenvalue weighted by Crippen LogP contribution is -1.97. The molecule has 0 amide bonds. The Morgan fingerprint density at radius 3 is 2.22 bits per heavy atom. The molecular weight excluding hydrogens is 571 g/mol. The second kappa shape index (κ2) is 11.8. The number of rotatable bonds is 6. The fraction of sp³-hybridized carbons (Fsp3) is 0.0750. The molecule has 1 atom stereocenters. The SMILES string of the molecule is [C-]#[N+]c1ccc(-c2nc3c(-c4cc(-c5ccc(F)cc5)cc(-c5ccc(C(C)c6ccccc6)cn5)c4)cccc3n2C)c(O)c1. The van der Waals surface area contributed by atoms with E-state index in [-0.39, 0.29) is 17.5 Å². The van der Waals surface area contributed by atoms with E-state index in [1.165, 1.54) is 23.8 Å². The van der Waals surface area contributed by atoms with E-state index in [2.05, 4.69) is 66.4 Å². The summed E-state index contributed by atoms with van der Waals surface area (Å²) in [5.74, 6) is 0.515. The first-order valence-electron chi connectivity index (χ1n) is 15.0. The van der Waals surface area contributed by atoms with Crippen molar-refractivity contribution in [1.29, 1.82) is 0 Å². The van der Waals surface area contributed by atoms with E-state index in [9.17, 15) is 9.50 Å². The minimum Gasteiger partial charge on any atom is -0.509 e. The average molecular weight is 601 g/mol. The van der Waals surface area contributed by atoms with Crippen molar-refractivity contribution in [2.75, 3.05) is 0 Å². The molecule has 46 heavy (non-hydrogen) atoms. The van der Waals surface area contributed by atoms with Crippen molar-refractivity contribution >= 4 is 16.7 Å². The molecule has 7 rings (SSSR count). The van der Waals surface area contributed by atoms with Crippen LogP contribution >= 0.6 is 0 Å². The summed E-state index contributed by atoms with van der Waals surface area (Å²) in [7, 11) is 1.92. The summed E-state index contributed by atoms with van der Waals surface area (Å²) in [6.07, 6.45) is 1.94. The van der Waals surface area contributed by atoms with E-state index < -0.39 is 0 Å². The molecule has 0 fully saturated rings. The molecule has 0 saturated carbocycles. The molecule has 5 aromatic carbocycles. The first-order valence-corrected chi connectivity index (χ1v) is 15.0. The second-order valence-electron chi connectivity index (χ2n) is 11.4. The Morgan fingerprint density at radius 1 is 0.739 bits per heavy atom. The number of aryl methyl sites for hydroxylation is 1. The van der Waals surface area contributed by atoms with Gasteiger partial charge in [-0.15, -0.1) is 0 Å². The highest BCUT2D eigenvalue weighted by Crippen LogP contribution is 2.39. The number of benzene rings is 5. The summed E-state index contributed by atoms with van der Waals surface area (Å²) in [5.41, 5.74) is 10.4. The molecule has 0 saturated heterocycles. The van der Waals surface area contributed by atoms with Crippen molar-refractivity contribution in [2.24, 2.45) is 7.05 Å². The highest BCUT2D eigenvalue weighted by molar-refractivity contribution is 5.96. The number of phenols is 1. The Balaban J connectivity index is 1.36. The van der Waals surface area contributed by atoms with Crippen LogP contribution in [-0.2, 0) is 7.05 Å². The predicted octanol–water partition coefficient (Wildman–Crippen LogP) is 10.2. The minimum absolute atomic E-state index is 0.00477. The molecule has 0 spiro atoms. The molecule has 0 radical (unpaired) electrons. The zero-order chi connectivity index (χ0) is 31.8. The Kier molecular flexibility index (Phi) is 7.36. The molecule has 6 heteroatoms. The normalized spacial score (nSPS) is 11.8. The van der Waals surface area contributed by atoms with Crippen LogP contribution in [0, 0.1) is 12.4 Å². The smallest absolute Gasteiger partial charge is 0.190 e. The van der Waals surface area contributed by atoms with Crippen LogP contribution in [-0.4, -0.2) is 19.6 Å². The molecule has 2 aromatic heterocycles. The zero-order valence-electron chi connectivity index (χ0n) is 25.3. The summed E-state index contributed by atoms with van der Waals surface area (Å²) in [6, 6.07) is 38.2. The molecule has 5 nitrogen and oxygen atoms in total. The van der Waals surface area contributed by atoms with Gasteiger partial charge in [0.2, 0.25) is 0 Å². The fourth-order valence-electron chi connectivity index (χ4n) is 5.97. The third-order valence-corrected chi connectivity index (χ3v) is 8.57. The Morgan fingerprint density at radius 2 is 1.50 bits per heavy atom. The predicted molar refractivity (Wildman–Crippen MR) is 182 cm³/mol. The minimum atomic E-state index is -0.289. The van der Waals surface area contributed by atoms with Gasteiger partial charge in [-0.1, -0.05) is 79.7 Å². The van der Waals surface area contributed by atoms with Crippen molar-refractivity contribution < 1.29 is 9.50 Å². The van der Waals surface area contributed by atoms with Gasteiger partial charge in [0.15, 0.2) is 5.69 Å². The van der Waals surface area contributed by atoms with E-state index in [0.717, 1.165) is 50.1 Å². The maximum Gasteiger partial charge on any atom is 0.190 e. The number of para-hydroxylation sites is 1. The van der Waals surface area contributed by atoms with Crippen molar-refractivity contribution in [3.8, 4) is 50.6 Å². The number of imidazole rings is 1. The first-order chi connectivity index (χ1) is 22.4. The summed E-state index contributed by atoms with van der Waals surface area (Å²) in [6.45, 7) is 9.45. The van der Waals surface area contributed by atoms with Crippen LogP contribution in [0.4, 0.5) is 10.1 Å². The monoisotopic (exact) mass is 600 g/mol. The molecule has 1 unspecified atom stereocenters. The van der Waals surface area contributed by atoms with Crippen LogP contribution in [0.5, 0.6) is 5.75 Å². The molecule has 2 heterocycles. The maximum atomic E-state index is 13.9. The Bertz CT molecular complexity index is 2250. The van der Waals surface area contributed by atoms with Gasteiger partial charge in [-0.2, -0.15) is 0 Å². The lowest BCUT2D eigenvalue weighted by molar-refractivity contribution is 0.477. The van der Waals surface area contributed by atoms with Crippen LogP contribution < -0.4 is 0 Å². The number of nitrogens with zero attached hydrogens (tertiary/aromatic N) is 4. The van der Waals surface area contributed by atoms with Crippen molar-refractivity contribution in [2.45, 2.75) is 12.8 Å². The highest BCUT2D eigenvalue weighted by Gasteiger charge is 2.18. The summed E-state index contributed by atoms with van der Waals surface area (Å²) >= 11 is 0. The van der Waals surface area contributed by atoms with Crippen molar-refractivity contribution in [3.05, 3.63) is 156 Å². The molecule has 7 aromatic rings. The number of fused-ring (bicyclic) bond motifs is 1.